The minimum absolute atomic E-state index is 0.0801. The first-order valence-electron chi connectivity index (χ1n) is 10.6. The van der Waals surface area contributed by atoms with Gasteiger partial charge in [0.1, 0.15) is 18.2 Å². The predicted octanol–water partition coefficient (Wildman–Crippen LogP) is 4.56. The van der Waals surface area contributed by atoms with Crippen molar-refractivity contribution in [3.8, 4) is 0 Å². The van der Waals surface area contributed by atoms with Gasteiger partial charge in [-0.1, -0.05) is 25.9 Å². The van der Waals surface area contributed by atoms with Gasteiger partial charge in [0.05, 0.1) is 5.71 Å². The van der Waals surface area contributed by atoms with E-state index in [1.807, 2.05) is 0 Å². The summed E-state index contributed by atoms with van der Waals surface area (Å²) in [7, 11) is 0. The van der Waals surface area contributed by atoms with Gasteiger partial charge in [0.15, 0.2) is 0 Å². The number of ketones is 2. The lowest BCUT2D eigenvalue weighted by Gasteiger charge is -2.58. The molecule has 144 valence electrons. The first kappa shape index (κ1) is 18.2. The Hall–Kier alpha value is -1.19. The molecule has 4 heteroatoms. The second-order valence-corrected chi connectivity index (χ2v) is 9.72. The van der Waals surface area contributed by atoms with Crippen LogP contribution in [-0.2, 0) is 14.4 Å². The van der Waals surface area contributed by atoms with E-state index in [1.165, 1.54) is 0 Å². The number of rotatable bonds is 3. The lowest BCUT2D eigenvalue weighted by Crippen LogP contribution is -2.56. The summed E-state index contributed by atoms with van der Waals surface area (Å²) >= 11 is 0. The molecule has 4 fully saturated rings. The molecule has 0 aromatic rings. The molecule has 0 saturated heterocycles. The first-order valence-corrected chi connectivity index (χ1v) is 10.6. The number of carbonyl (C=O) groups excluding carboxylic acids is 2. The molecule has 0 spiro atoms. The fourth-order valence-corrected chi connectivity index (χ4v) is 6.93. The average molecular weight is 360 g/mol. The standard InChI is InChI=1S/C22H33NO3/c1-4-11-26-23-14-7-9-21(2)17-8-10-22(3)16(5-6-20(22)25)15(17)13-19(24)18(21)12-14/h15-18H,4-13H2,1-3H3/t15?,16?,17?,18-,21-,22+/m1/s1. The van der Waals surface area contributed by atoms with Crippen molar-refractivity contribution in [3.63, 3.8) is 0 Å². The summed E-state index contributed by atoms with van der Waals surface area (Å²) in [4.78, 5) is 31.1. The second kappa shape index (κ2) is 6.45. The van der Waals surface area contributed by atoms with E-state index in [4.69, 9.17) is 4.84 Å². The van der Waals surface area contributed by atoms with E-state index in [0.29, 0.717) is 42.3 Å². The summed E-state index contributed by atoms with van der Waals surface area (Å²) in [5, 5.41) is 4.33. The van der Waals surface area contributed by atoms with Gasteiger partial charge in [-0.15, -0.1) is 0 Å². The number of oxime groups is 1. The molecular weight excluding hydrogens is 326 g/mol. The van der Waals surface area contributed by atoms with Crippen LogP contribution < -0.4 is 0 Å². The number of carbonyl (C=O) groups is 2. The number of nitrogens with zero attached hydrogens (tertiary/aromatic N) is 1. The molecule has 6 atom stereocenters. The van der Waals surface area contributed by atoms with E-state index in [9.17, 15) is 9.59 Å². The highest BCUT2D eigenvalue weighted by Gasteiger charge is 2.62. The van der Waals surface area contributed by atoms with Gasteiger partial charge in [0.25, 0.3) is 0 Å². The average Bonchev–Trinajstić information content (AvgIpc) is 2.92. The molecule has 0 aromatic heterocycles. The molecule has 4 saturated carbocycles. The van der Waals surface area contributed by atoms with Gasteiger partial charge in [0.2, 0.25) is 0 Å². The Morgan fingerprint density at radius 3 is 2.65 bits per heavy atom. The second-order valence-electron chi connectivity index (χ2n) is 9.72. The molecule has 0 amide bonds. The van der Waals surface area contributed by atoms with Crippen molar-refractivity contribution in [2.75, 3.05) is 6.61 Å². The monoisotopic (exact) mass is 359 g/mol. The first-order chi connectivity index (χ1) is 12.4. The van der Waals surface area contributed by atoms with Crippen LogP contribution in [0, 0.1) is 34.5 Å². The van der Waals surface area contributed by atoms with Crippen molar-refractivity contribution in [2.24, 2.45) is 39.7 Å². The van der Waals surface area contributed by atoms with Crippen molar-refractivity contribution in [2.45, 2.75) is 78.6 Å². The summed E-state index contributed by atoms with van der Waals surface area (Å²) in [6, 6.07) is 0. The van der Waals surface area contributed by atoms with E-state index >= 15 is 0 Å². The normalized spacial score (nSPS) is 46.7. The maximum Gasteiger partial charge on any atom is 0.139 e. The summed E-state index contributed by atoms with van der Waals surface area (Å²) in [6.07, 6.45) is 8.28. The highest BCUT2D eigenvalue weighted by atomic mass is 16.6. The highest BCUT2D eigenvalue weighted by Crippen LogP contribution is 2.64. The molecular formula is C22H33NO3. The van der Waals surface area contributed by atoms with Gasteiger partial charge >= 0.3 is 0 Å². The van der Waals surface area contributed by atoms with Crippen molar-refractivity contribution >= 4 is 17.3 Å². The zero-order chi connectivity index (χ0) is 18.5. The van der Waals surface area contributed by atoms with Gasteiger partial charge in [-0.25, -0.2) is 0 Å². The molecule has 0 bridgehead atoms. The number of hydrogen-bond donors (Lipinski definition) is 0. The van der Waals surface area contributed by atoms with E-state index in [-0.39, 0.29) is 16.7 Å². The van der Waals surface area contributed by atoms with Crippen LogP contribution in [0.4, 0.5) is 0 Å². The van der Waals surface area contributed by atoms with Crippen molar-refractivity contribution in [3.05, 3.63) is 0 Å². The maximum absolute atomic E-state index is 13.2. The Morgan fingerprint density at radius 1 is 1.08 bits per heavy atom. The van der Waals surface area contributed by atoms with Gasteiger partial charge < -0.3 is 4.84 Å². The third kappa shape index (κ3) is 2.58. The number of Topliss-reactive ketones (excluding diaryl/α,β-unsaturated/α-hetero) is 2. The smallest absolute Gasteiger partial charge is 0.139 e. The molecule has 3 unspecified atom stereocenters. The van der Waals surface area contributed by atoms with Crippen LogP contribution in [0.2, 0.25) is 0 Å². The van der Waals surface area contributed by atoms with Gasteiger partial charge in [0, 0.05) is 24.2 Å². The van der Waals surface area contributed by atoms with Crippen molar-refractivity contribution in [1.82, 2.24) is 0 Å². The molecule has 0 radical (unpaired) electrons. The summed E-state index contributed by atoms with van der Waals surface area (Å²) in [6.45, 7) is 7.26. The Labute approximate surface area is 157 Å². The van der Waals surface area contributed by atoms with Crippen LogP contribution >= 0.6 is 0 Å². The van der Waals surface area contributed by atoms with E-state index < -0.39 is 0 Å². The largest absolute Gasteiger partial charge is 0.396 e. The Bertz CT molecular complexity index is 641. The van der Waals surface area contributed by atoms with Crippen LogP contribution in [-0.4, -0.2) is 23.9 Å². The SMILES string of the molecule is CCCON=C1CC[C@]2(C)C3CC[C@]4(C)C(=O)CCC4C3CC(=O)[C@H]2C1. The van der Waals surface area contributed by atoms with Crippen LogP contribution in [0.15, 0.2) is 5.16 Å². The lowest BCUT2D eigenvalue weighted by molar-refractivity contribution is -0.152. The highest BCUT2D eigenvalue weighted by molar-refractivity contribution is 5.93. The lowest BCUT2D eigenvalue weighted by atomic mass is 9.45. The van der Waals surface area contributed by atoms with E-state index in [1.54, 1.807) is 0 Å². The van der Waals surface area contributed by atoms with Gasteiger partial charge in [-0.3, -0.25) is 9.59 Å². The Balaban J connectivity index is 1.57. The fraction of sp³-hybridized carbons (Fsp3) is 0.864. The fourth-order valence-electron chi connectivity index (χ4n) is 6.93. The van der Waals surface area contributed by atoms with Crippen LogP contribution in [0.25, 0.3) is 0 Å². The summed E-state index contributed by atoms with van der Waals surface area (Å²) < 4.78 is 0. The van der Waals surface area contributed by atoms with Crippen molar-refractivity contribution in [1.29, 1.82) is 0 Å². The molecule has 0 N–H and O–H groups in total. The third-order valence-corrected chi connectivity index (χ3v) is 8.50. The zero-order valence-corrected chi connectivity index (χ0v) is 16.6. The predicted molar refractivity (Wildman–Crippen MR) is 101 cm³/mol. The molecule has 4 nitrogen and oxygen atoms in total. The Kier molecular flexibility index (Phi) is 4.51. The number of fused-ring (bicyclic) bond motifs is 5. The third-order valence-electron chi connectivity index (χ3n) is 8.50. The van der Waals surface area contributed by atoms with E-state index in [2.05, 4.69) is 25.9 Å². The summed E-state index contributed by atoms with van der Waals surface area (Å²) in [5.41, 5.74) is 1.00. The maximum atomic E-state index is 13.2. The minimum atomic E-state index is -0.153. The Morgan fingerprint density at radius 2 is 1.88 bits per heavy atom. The summed E-state index contributed by atoms with van der Waals surface area (Å²) in [5.74, 6) is 2.41. The topological polar surface area (TPSA) is 55.7 Å². The molecule has 4 aliphatic carbocycles. The van der Waals surface area contributed by atoms with Crippen LogP contribution in [0.3, 0.4) is 0 Å². The van der Waals surface area contributed by atoms with Crippen molar-refractivity contribution < 1.29 is 14.4 Å². The molecule has 0 aliphatic heterocycles. The zero-order valence-electron chi connectivity index (χ0n) is 16.6. The van der Waals surface area contributed by atoms with Crippen LogP contribution in [0.5, 0.6) is 0 Å². The molecule has 4 rings (SSSR count). The molecule has 26 heavy (non-hydrogen) atoms. The molecule has 4 aliphatic rings. The van der Waals surface area contributed by atoms with Crippen LogP contribution in [0.1, 0.15) is 78.6 Å². The van der Waals surface area contributed by atoms with Gasteiger partial charge in [-0.05, 0) is 68.1 Å². The molecule has 0 heterocycles. The molecule has 0 aromatic carbocycles. The quantitative estimate of drug-likeness (QED) is 0.548. The number of hydrogen-bond acceptors (Lipinski definition) is 4. The van der Waals surface area contributed by atoms with E-state index in [0.717, 1.165) is 57.1 Å². The van der Waals surface area contributed by atoms with Gasteiger partial charge in [-0.2, -0.15) is 0 Å². The minimum Gasteiger partial charge on any atom is -0.396 e.